The van der Waals surface area contributed by atoms with Crippen LogP contribution in [0.2, 0.25) is 0 Å². The van der Waals surface area contributed by atoms with Gasteiger partial charge in [0.15, 0.2) is 0 Å². The number of benzene rings is 2. The highest BCUT2D eigenvalue weighted by Crippen LogP contribution is 2.48. The number of hydrazone groups is 1. The Balaban J connectivity index is 1.67. The van der Waals surface area contributed by atoms with Gasteiger partial charge in [-0.15, -0.1) is 0 Å². The minimum Gasteiger partial charge on any atom is -0.362 e. The van der Waals surface area contributed by atoms with Gasteiger partial charge in [0.2, 0.25) is 0 Å². The molecule has 2 aliphatic rings. The van der Waals surface area contributed by atoms with Crippen molar-refractivity contribution in [2.45, 2.75) is 37.6 Å². The van der Waals surface area contributed by atoms with Crippen molar-refractivity contribution in [3.05, 3.63) is 60.2 Å². The predicted octanol–water partition coefficient (Wildman–Crippen LogP) is 4.61. The number of carbonyl (C=O) groups is 1. The van der Waals surface area contributed by atoms with Crippen molar-refractivity contribution in [3.63, 3.8) is 0 Å². The molecule has 2 aromatic carbocycles. The number of fused-ring (bicyclic) bond motifs is 1. The van der Waals surface area contributed by atoms with Crippen molar-refractivity contribution in [2.24, 2.45) is 11.0 Å². The first-order chi connectivity index (χ1) is 13.3. The van der Waals surface area contributed by atoms with Crippen molar-refractivity contribution < 1.29 is 23.1 Å². The molecule has 2 aromatic rings. The number of alkyl halides is 3. The second-order valence-corrected chi connectivity index (χ2v) is 7.17. The van der Waals surface area contributed by atoms with E-state index < -0.39 is 23.7 Å². The van der Waals surface area contributed by atoms with Gasteiger partial charge in [-0.2, -0.15) is 23.3 Å². The molecule has 146 valence electrons. The van der Waals surface area contributed by atoms with Crippen LogP contribution in [-0.4, -0.2) is 33.6 Å². The minimum absolute atomic E-state index is 0.0466. The van der Waals surface area contributed by atoms with Crippen LogP contribution < -0.4 is 0 Å². The molecule has 1 fully saturated rings. The first-order valence-corrected chi connectivity index (χ1v) is 9.19. The lowest BCUT2D eigenvalue weighted by atomic mass is 9.80. The maximum Gasteiger partial charge on any atom is 0.439 e. The van der Waals surface area contributed by atoms with E-state index in [4.69, 9.17) is 0 Å². The van der Waals surface area contributed by atoms with Gasteiger partial charge in [-0.25, -0.2) is 0 Å². The molecule has 4 nitrogen and oxygen atoms in total. The number of halogens is 3. The van der Waals surface area contributed by atoms with Crippen LogP contribution in [0.4, 0.5) is 13.2 Å². The highest BCUT2D eigenvalue weighted by atomic mass is 19.4. The fourth-order valence-electron chi connectivity index (χ4n) is 3.98. The van der Waals surface area contributed by atoms with Crippen LogP contribution in [0.25, 0.3) is 11.1 Å². The fraction of sp³-hybridized carbons (Fsp3) is 0.333. The number of carbonyl (C=O) groups excluding carboxylic acids is 1. The predicted molar refractivity (Wildman–Crippen MR) is 98.4 cm³/mol. The molecule has 2 atom stereocenters. The van der Waals surface area contributed by atoms with Crippen LogP contribution in [0.5, 0.6) is 0 Å². The smallest absolute Gasteiger partial charge is 0.362 e. The number of nitrogens with zero attached hydrogens (tertiary/aromatic N) is 2. The lowest BCUT2D eigenvalue weighted by Crippen LogP contribution is -2.61. The Morgan fingerprint density at radius 3 is 2.32 bits per heavy atom. The van der Waals surface area contributed by atoms with Gasteiger partial charge in [0, 0.05) is 11.3 Å². The van der Waals surface area contributed by atoms with E-state index in [-0.39, 0.29) is 22.7 Å². The molecule has 0 unspecified atom stereocenters. The van der Waals surface area contributed by atoms with Crippen molar-refractivity contribution >= 4 is 11.6 Å². The molecule has 0 aromatic heterocycles. The fourth-order valence-corrected chi connectivity index (χ4v) is 3.98. The molecule has 0 radical (unpaired) electrons. The summed E-state index contributed by atoms with van der Waals surface area (Å²) in [5, 5.41) is 14.8. The quantitative estimate of drug-likeness (QED) is 0.817. The zero-order chi connectivity index (χ0) is 19.9. The third-order valence-corrected chi connectivity index (χ3v) is 5.46. The second-order valence-electron chi connectivity index (χ2n) is 7.17. The maximum absolute atomic E-state index is 13.8. The summed E-state index contributed by atoms with van der Waals surface area (Å²) < 4.78 is 41.4. The monoisotopic (exact) mass is 388 g/mol. The molecule has 0 bridgehead atoms. The highest BCUT2D eigenvalue weighted by molar-refractivity contribution is 5.99. The van der Waals surface area contributed by atoms with Crippen LogP contribution in [0.1, 0.15) is 36.0 Å². The Morgan fingerprint density at radius 2 is 1.68 bits per heavy atom. The summed E-state index contributed by atoms with van der Waals surface area (Å²) in [6.07, 6.45) is -3.21. The first kappa shape index (κ1) is 18.7. The first-order valence-electron chi connectivity index (χ1n) is 9.19. The van der Waals surface area contributed by atoms with Gasteiger partial charge < -0.3 is 5.11 Å². The molecule has 1 heterocycles. The van der Waals surface area contributed by atoms with Crippen LogP contribution >= 0.6 is 0 Å². The number of aliphatic hydroxyl groups is 1. The number of hydrogen-bond acceptors (Lipinski definition) is 3. The maximum atomic E-state index is 13.8. The van der Waals surface area contributed by atoms with Crippen LogP contribution in [0.3, 0.4) is 0 Å². The molecular formula is C21H19F3N2O2. The lowest BCUT2D eigenvalue weighted by Gasteiger charge is -2.38. The summed E-state index contributed by atoms with van der Waals surface area (Å²) in [6.45, 7) is 0. The standard InChI is InChI=1S/C21H19F3N2O2/c22-21(23,24)20(28)17-8-4-5-9-18(17)25-26(20)19(27)16-12-10-15(11-13-16)14-6-2-1-3-7-14/h1-3,6-7,10-13,17,28H,4-5,8-9H2/t17-,20+/m1/s1. The number of rotatable bonds is 2. The van der Waals surface area contributed by atoms with E-state index in [0.717, 1.165) is 11.1 Å². The van der Waals surface area contributed by atoms with Gasteiger partial charge in [0.1, 0.15) is 0 Å². The van der Waals surface area contributed by atoms with Crippen molar-refractivity contribution in [1.29, 1.82) is 0 Å². The van der Waals surface area contributed by atoms with Crippen LogP contribution in [-0.2, 0) is 0 Å². The summed E-state index contributed by atoms with van der Waals surface area (Å²) in [5.74, 6) is -2.16. The Hall–Kier alpha value is -2.67. The normalized spacial score (nSPS) is 24.6. The van der Waals surface area contributed by atoms with E-state index in [1.165, 1.54) is 12.1 Å². The average molecular weight is 388 g/mol. The Labute approximate surface area is 160 Å². The SMILES string of the molecule is O=C(c1ccc(-c2ccccc2)cc1)N1N=C2CCCC[C@H]2[C@]1(O)C(F)(F)F. The molecule has 1 N–H and O–H groups in total. The van der Waals surface area contributed by atoms with E-state index in [1.54, 1.807) is 12.1 Å². The van der Waals surface area contributed by atoms with E-state index in [2.05, 4.69) is 5.10 Å². The zero-order valence-electron chi connectivity index (χ0n) is 15.0. The van der Waals surface area contributed by atoms with Crippen molar-refractivity contribution in [2.75, 3.05) is 0 Å². The summed E-state index contributed by atoms with van der Waals surface area (Å²) in [5.41, 5.74) is -1.23. The summed E-state index contributed by atoms with van der Waals surface area (Å²) in [4.78, 5) is 12.9. The molecular weight excluding hydrogens is 369 g/mol. The Bertz CT molecular complexity index is 909. The summed E-state index contributed by atoms with van der Waals surface area (Å²) in [6, 6.07) is 15.7. The number of hydrogen-bond donors (Lipinski definition) is 1. The van der Waals surface area contributed by atoms with Crippen LogP contribution in [0.15, 0.2) is 59.7 Å². The molecule has 28 heavy (non-hydrogen) atoms. The van der Waals surface area contributed by atoms with Gasteiger partial charge >= 0.3 is 6.18 Å². The van der Waals surface area contributed by atoms with Gasteiger partial charge in [-0.1, -0.05) is 48.9 Å². The second kappa shape index (κ2) is 6.74. The molecule has 1 aliphatic heterocycles. The lowest BCUT2D eigenvalue weighted by molar-refractivity contribution is -0.312. The third-order valence-electron chi connectivity index (χ3n) is 5.46. The van der Waals surface area contributed by atoms with Gasteiger partial charge in [-0.05, 0) is 42.5 Å². The van der Waals surface area contributed by atoms with Crippen molar-refractivity contribution in [1.82, 2.24) is 5.01 Å². The zero-order valence-corrected chi connectivity index (χ0v) is 15.0. The molecule has 1 amide bonds. The summed E-state index contributed by atoms with van der Waals surface area (Å²) >= 11 is 0. The highest BCUT2D eigenvalue weighted by Gasteiger charge is 2.68. The van der Waals surface area contributed by atoms with E-state index in [9.17, 15) is 23.1 Å². The topological polar surface area (TPSA) is 52.9 Å². The van der Waals surface area contributed by atoms with Crippen LogP contribution in [0, 0.1) is 5.92 Å². The minimum atomic E-state index is -5.00. The third kappa shape index (κ3) is 2.90. The average Bonchev–Trinajstić information content (AvgIpc) is 3.02. The molecule has 4 rings (SSSR count). The molecule has 0 saturated heterocycles. The van der Waals surface area contributed by atoms with E-state index in [1.807, 2.05) is 30.3 Å². The summed E-state index contributed by atoms with van der Waals surface area (Å²) in [7, 11) is 0. The Morgan fingerprint density at radius 1 is 1.04 bits per heavy atom. The largest absolute Gasteiger partial charge is 0.439 e. The molecule has 0 spiro atoms. The van der Waals surface area contributed by atoms with Gasteiger partial charge in [0.25, 0.3) is 11.6 Å². The van der Waals surface area contributed by atoms with Gasteiger partial charge in [-0.3, -0.25) is 4.79 Å². The Kier molecular flexibility index (Phi) is 4.50. The molecule has 1 aliphatic carbocycles. The number of amides is 1. The van der Waals surface area contributed by atoms with Crippen molar-refractivity contribution in [3.8, 4) is 11.1 Å². The molecule has 1 saturated carbocycles. The van der Waals surface area contributed by atoms with Gasteiger partial charge in [0.05, 0.1) is 5.92 Å². The van der Waals surface area contributed by atoms with E-state index in [0.29, 0.717) is 19.3 Å². The van der Waals surface area contributed by atoms with E-state index >= 15 is 0 Å². The molecule has 7 heteroatoms.